The smallest absolute Gasteiger partial charge is 0.326 e. The van der Waals surface area contributed by atoms with Crippen LogP contribution in [-0.4, -0.2) is 63.4 Å². The van der Waals surface area contributed by atoms with Gasteiger partial charge >= 0.3 is 5.97 Å². The molecule has 1 fully saturated rings. The molecular weight excluding hydrogens is 352 g/mol. The summed E-state index contributed by atoms with van der Waals surface area (Å²) >= 11 is 0. The predicted molar refractivity (Wildman–Crippen MR) is 89.7 cm³/mol. The van der Waals surface area contributed by atoms with Crippen LogP contribution < -0.4 is 14.2 Å². The van der Waals surface area contributed by atoms with Crippen molar-refractivity contribution in [3.05, 3.63) is 17.7 Å². The monoisotopic (exact) mass is 372 g/mol. The fraction of sp³-hybridized carbons (Fsp3) is 0.467. The number of carboxylic acids is 1. The number of likely N-dealkylation sites (tertiary alicyclic amines) is 1. The zero-order valence-corrected chi connectivity index (χ0v) is 14.9. The minimum atomic E-state index is -3.63. The molecule has 10 heteroatoms. The van der Waals surface area contributed by atoms with Gasteiger partial charge in [0.1, 0.15) is 6.04 Å². The van der Waals surface area contributed by atoms with Crippen molar-refractivity contribution in [3.63, 3.8) is 0 Å². The van der Waals surface area contributed by atoms with Crippen LogP contribution in [0.15, 0.2) is 12.1 Å². The minimum Gasteiger partial charge on any atom is -0.493 e. The van der Waals surface area contributed by atoms with Gasteiger partial charge in [-0.1, -0.05) is 0 Å². The first-order chi connectivity index (χ1) is 11.7. The normalized spacial score (nSPS) is 17.2. The Kier molecular flexibility index (Phi) is 5.41. The average molecular weight is 372 g/mol. The Morgan fingerprint density at radius 2 is 1.96 bits per heavy atom. The van der Waals surface area contributed by atoms with Crippen molar-refractivity contribution in [1.29, 1.82) is 0 Å². The summed E-state index contributed by atoms with van der Waals surface area (Å²) in [7, 11) is -0.931. The number of amides is 1. The van der Waals surface area contributed by atoms with E-state index in [1.54, 1.807) is 0 Å². The first kappa shape index (κ1) is 18.8. The number of hydrogen-bond donors (Lipinski definition) is 2. The van der Waals surface area contributed by atoms with E-state index in [2.05, 4.69) is 4.72 Å². The van der Waals surface area contributed by atoms with Gasteiger partial charge in [0.2, 0.25) is 10.0 Å². The lowest BCUT2D eigenvalue weighted by Crippen LogP contribution is -2.40. The van der Waals surface area contributed by atoms with Crippen molar-refractivity contribution in [2.45, 2.75) is 18.9 Å². The number of ether oxygens (including phenoxy) is 2. The average Bonchev–Trinajstić information content (AvgIpc) is 3.01. The number of anilines is 1. The lowest BCUT2D eigenvalue weighted by atomic mass is 10.1. The second kappa shape index (κ2) is 7.18. The fourth-order valence-electron chi connectivity index (χ4n) is 2.80. The fourth-order valence-corrected chi connectivity index (χ4v) is 3.35. The largest absolute Gasteiger partial charge is 0.493 e. The summed E-state index contributed by atoms with van der Waals surface area (Å²) < 4.78 is 35.7. The molecule has 0 radical (unpaired) electrons. The molecule has 1 aromatic carbocycles. The van der Waals surface area contributed by atoms with E-state index in [1.165, 1.54) is 31.3 Å². The Hall–Kier alpha value is -2.49. The molecule has 1 atom stereocenters. The summed E-state index contributed by atoms with van der Waals surface area (Å²) in [5.74, 6) is -1.30. The molecule has 0 aromatic heterocycles. The Balaban J connectivity index is 2.48. The van der Waals surface area contributed by atoms with Gasteiger partial charge in [-0.2, -0.15) is 0 Å². The second-order valence-corrected chi connectivity index (χ2v) is 7.38. The van der Waals surface area contributed by atoms with Crippen molar-refractivity contribution in [2.75, 3.05) is 31.7 Å². The number of carbonyl (C=O) groups is 2. The molecule has 1 aliphatic rings. The number of benzene rings is 1. The summed E-state index contributed by atoms with van der Waals surface area (Å²) in [6.45, 7) is 0.318. The summed E-state index contributed by atoms with van der Waals surface area (Å²) in [5.41, 5.74) is 0.149. The molecule has 25 heavy (non-hydrogen) atoms. The molecule has 0 saturated carbocycles. The first-order valence-electron chi connectivity index (χ1n) is 7.45. The van der Waals surface area contributed by atoms with Gasteiger partial charge in [-0.05, 0) is 25.0 Å². The predicted octanol–water partition coefficient (Wildman–Crippen LogP) is 0.764. The molecular formula is C15H20N2O7S. The standard InChI is InChI=1S/C15H20N2O7S/c1-23-12-8-9(7-10(13(12)24-2)16-25(3,21)22)14(18)17-6-4-5-11(17)15(19)20/h7-8,11,16H,4-6H2,1-3H3,(H,19,20). The van der Waals surface area contributed by atoms with Crippen molar-refractivity contribution in [1.82, 2.24) is 4.90 Å². The van der Waals surface area contributed by atoms with E-state index in [0.29, 0.717) is 19.4 Å². The van der Waals surface area contributed by atoms with Crippen LogP contribution in [0.3, 0.4) is 0 Å². The maximum absolute atomic E-state index is 12.7. The van der Waals surface area contributed by atoms with E-state index < -0.39 is 27.9 Å². The third-order valence-corrected chi connectivity index (χ3v) is 4.41. The lowest BCUT2D eigenvalue weighted by molar-refractivity contribution is -0.141. The zero-order chi connectivity index (χ0) is 18.8. The minimum absolute atomic E-state index is 0.0405. The molecule has 2 rings (SSSR count). The van der Waals surface area contributed by atoms with Crippen LogP contribution in [0.2, 0.25) is 0 Å². The highest BCUT2D eigenvalue weighted by Crippen LogP contribution is 2.38. The van der Waals surface area contributed by atoms with Gasteiger partial charge in [-0.15, -0.1) is 0 Å². The molecule has 2 N–H and O–H groups in total. The highest BCUT2D eigenvalue weighted by atomic mass is 32.2. The highest BCUT2D eigenvalue weighted by Gasteiger charge is 2.35. The van der Waals surface area contributed by atoms with E-state index in [9.17, 15) is 23.1 Å². The zero-order valence-electron chi connectivity index (χ0n) is 14.1. The van der Waals surface area contributed by atoms with E-state index in [1.807, 2.05) is 0 Å². The number of carboxylic acid groups (broad SMARTS) is 1. The molecule has 0 spiro atoms. The van der Waals surface area contributed by atoms with Crippen molar-refractivity contribution in [2.24, 2.45) is 0 Å². The van der Waals surface area contributed by atoms with Crippen molar-refractivity contribution in [3.8, 4) is 11.5 Å². The summed E-state index contributed by atoms with van der Waals surface area (Å²) in [6, 6.07) is 1.81. The van der Waals surface area contributed by atoms with Gasteiger partial charge in [0.25, 0.3) is 5.91 Å². The third-order valence-electron chi connectivity index (χ3n) is 3.82. The SMILES string of the molecule is COc1cc(C(=O)N2CCCC2C(=O)O)cc(NS(C)(=O)=O)c1OC. The summed E-state index contributed by atoms with van der Waals surface area (Å²) in [6.07, 6.45) is 1.93. The Morgan fingerprint density at radius 3 is 2.48 bits per heavy atom. The number of rotatable bonds is 6. The molecule has 1 heterocycles. The van der Waals surface area contributed by atoms with E-state index in [-0.39, 0.29) is 22.7 Å². The number of hydrogen-bond acceptors (Lipinski definition) is 6. The number of methoxy groups -OCH3 is 2. The molecule has 1 aliphatic heterocycles. The Labute approximate surface area is 145 Å². The van der Waals surface area contributed by atoms with Crippen LogP contribution in [0.5, 0.6) is 11.5 Å². The molecule has 1 amide bonds. The number of aliphatic carboxylic acids is 1. The van der Waals surface area contributed by atoms with Crippen LogP contribution in [0.25, 0.3) is 0 Å². The quantitative estimate of drug-likeness (QED) is 0.756. The molecule has 9 nitrogen and oxygen atoms in total. The van der Waals surface area contributed by atoms with Gasteiger partial charge in [-0.25, -0.2) is 13.2 Å². The van der Waals surface area contributed by atoms with Gasteiger partial charge in [-0.3, -0.25) is 9.52 Å². The van der Waals surface area contributed by atoms with Gasteiger partial charge < -0.3 is 19.5 Å². The summed E-state index contributed by atoms with van der Waals surface area (Å²) in [5, 5.41) is 9.24. The van der Waals surface area contributed by atoms with Crippen LogP contribution in [0.1, 0.15) is 23.2 Å². The second-order valence-electron chi connectivity index (χ2n) is 5.63. The van der Waals surface area contributed by atoms with Gasteiger partial charge in [0, 0.05) is 12.1 Å². The molecule has 1 aromatic rings. The number of nitrogens with one attached hydrogen (secondary N) is 1. The van der Waals surface area contributed by atoms with Gasteiger partial charge in [0.05, 0.1) is 26.2 Å². The van der Waals surface area contributed by atoms with Gasteiger partial charge in [0.15, 0.2) is 11.5 Å². The van der Waals surface area contributed by atoms with E-state index in [4.69, 9.17) is 9.47 Å². The van der Waals surface area contributed by atoms with Crippen LogP contribution in [0.4, 0.5) is 5.69 Å². The molecule has 0 bridgehead atoms. The first-order valence-corrected chi connectivity index (χ1v) is 9.34. The topological polar surface area (TPSA) is 122 Å². The molecule has 0 aliphatic carbocycles. The number of carbonyl (C=O) groups excluding carboxylic acids is 1. The van der Waals surface area contributed by atoms with E-state index in [0.717, 1.165) is 6.26 Å². The van der Waals surface area contributed by atoms with E-state index >= 15 is 0 Å². The van der Waals surface area contributed by atoms with Crippen LogP contribution in [0, 0.1) is 0 Å². The maximum Gasteiger partial charge on any atom is 0.326 e. The third kappa shape index (κ3) is 4.13. The number of nitrogens with zero attached hydrogens (tertiary/aromatic N) is 1. The summed E-state index contributed by atoms with van der Waals surface area (Å²) in [4.78, 5) is 25.3. The Bertz CT molecular complexity index is 791. The van der Waals surface area contributed by atoms with Crippen LogP contribution in [-0.2, 0) is 14.8 Å². The number of sulfonamides is 1. The van der Waals surface area contributed by atoms with Crippen LogP contribution >= 0.6 is 0 Å². The highest BCUT2D eigenvalue weighted by molar-refractivity contribution is 7.92. The van der Waals surface area contributed by atoms with Crippen molar-refractivity contribution < 1.29 is 32.6 Å². The molecule has 1 unspecified atom stereocenters. The Morgan fingerprint density at radius 1 is 1.28 bits per heavy atom. The maximum atomic E-state index is 12.7. The van der Waals surface area contributed by atoms with Crippen molar-refractivity contribution >= 4 is 27.6 Å². The molecule has 138 valence electrons. The molecule has 1 saturated heterocycles. The lowest BCUT2D eigenvalue weighted by Gasteiger charge is -2.22.